The number of benzene rings is 1. The minimum absolute atomic E-state index is 0.152. The van der Waals surface area contributed by atoms with E-state index in [1.54, 1.807) is 12.1 Å². The first kappa shape index (κ1) is 27.0. The number of hydrogen-bond donors (Lipinski definition) is 5. The molecule has 0 atom stereocenters. The molecule has 0 unspecified atom stereocenters. The van der Waals surface area contributed by atoms with Gasteiger partial charge in [-0.1, -0.05) is 19.3 Å². The molecule has 2 aliphatic carbocycles. The number of amides is 1. The minimum atomic E-state index is -0.152. The van der Waals surface area contributed by atoms with Crippen molar-refractivity contribution in [2.45, 2.75) is 63.5 Å². The van der Waals surface area contributed by atoms with Gasteiger partial charge in [0.1, 0.15) is 0 Å². The summed E-state index contributed by atoms with van der Waals surface area (Å²) in [6.07, 6.45) is 9.55. The second kappa shape index (κ2) is 14.7. The van der Waals surface area contributed by atoms with Crippen LogP contribution in [-0.2, 0) is 9.47 Å². The molecule has 1 aromatic heterocycles. The van der Waals surface area contributed by atoms with Crippen LogP contribution in [-0.4, -0.2) is 72.5 Å². The lowest BCUT2D eigenvalue weighted by atomic mass is 9.93. The van der Waals surface area contributed by atoms with Crippen molar-refractivity contribution < 1.29 is 14.3 Å². The highest BCUT2D eigenvalue weighted by molar-refractivity contribution is 5.94. The molecule has 1 aromatic carbocycles. The summed E-state index contributed by atoms with van der Waals surface area (Å²) in [6, 6.07) is 8.05. The number of nitrogens with one attached hydrogen (secondary N) is 4. The van der Waals surface area contributed by atoms with Crippen molar-refractivity contribution in [3.8, 4) is 0 Å². The number of rotatable bonds is 15. The second-order valence-corrected chi connectivity index (χ2v) is 9.53. The zero-order valence-corrected chi connectivity index (χ0v) is 21.5. The van der Waals surface area contributed by atoms with Crippen LogP contribution >= 0.6 is 0 Å². The highest BCUT2D eigenvalue weighted by Crippen LogP contribution is 2.25. The molecule has 1 amide bonds. The topological polar surface area (TPSA) is 148 Å². The Balaban J connectivity index is 1.29. The first-order chi connectivity index (χ1) is 18.2. The number of nitrogens with zero attached hydrogens (tertiary/aromatic N) is 3. The van der Waals surface area contributed by atoms with E-state index < -0.39 is 0 Å². The molecule has 4 rings (SSSR count). The summed E-state index contributed by atoms with van der Waals surface area (Å²) in [5, 5.41) is 13.1. The van der Waals surface area contributed by atoms with Crippen molar-refractivity contribution in [3.63, 3.8) is 0 Å². The molecule has 6 N–H and O–H groups in total. The number of hydrogen-bond acceptors (Lipinski definition) is 10. The Hall–Kier alpha value is -3.02. The molecular weight excluding hydrogens is 472 g/mol. The maximum absolute atomic E-state index is 12.4. The van der Waals surface area contributed by atoms with E-state index in [0.29, 0.717) is 75.0 Å². The Kier molecular flexibility index (Phi) is 10.7. The van der Waals surface area contributed by atoms with E-state index in [1.807, 2.05) is 12.1 Å². The van der Waals surface area contributed by atoms with Crippen LogP contribution in [0.2, 0.25) is 0 Å². The highest BCUT2D eigenvalue weighted by Gasteiger charge is 2.20. The van der Waals surface area contributed by atoms with E-state index >= 15 is 0 Å². The van der Waals surface area contributed by atoms with Gasteiger partial charge in [0.2, 0.25) is 17.8 Å². The summed E-state index contributed by atoms with van der Waals surface area (Å²) in [5.41, 5.74) is 6.72. The van der Waals surface area contributed by atoms with Gasteiger partial charge in [0.15, 0.2) is 0 Å². The molecule has 2 aliphatic rings. The molecule has 37 heavy (non-hydrogen) atoms. The number of nitrogens with two attached hydrogens (primary N) is 1. The van der Waals surface area contributed by atoms with Crippen LogP contribution in [0.3, 0.4) is 0 Å². The van der Waals surface area contributed by atoms with Crippen molar-refractivity contribution in [3.05, 3.63) is 29.8 Å². The van der Waals surface area contributed by atoms with Crippen LogP contribution in [0.15, 0.2) is 24.3 Å². The van der Waals surface area contributed by atoms with Crippen LogP contribution in [0, 0.1) is 0 Å². The van der Waals surface area contributed by atoms with E-state index in [2.05, 4.69) is 36.2 Å². The van der Waals surface area contributed by atoms with Crippen LogP contribution in [0.5, 0.6) is 0 Å². The van der Waals surface area contributed by atoms with Crippen LogP contribution < -0.4 is 27.0 Å². The van der Waals surface area contributed by atoms with E-state index in [4.69, 9.17) is 15.2 Å². The summed E-state index contributed by atoms with van der Waals surface area (Å²) in [7, 11) is 0. The van der Waals surface area contributed by atoms with E-state index in [-0.39, 0.29) is 5.91 Å². The third kappa shape index (κ3) is 9.10. The van der Waals surface area contributed by atoms with Gasteiger partial charge in [-0.3, -0.25) is 4.79 Å². The quantitative estimate of drug-likeness (QED) is 0.225. The Morgan fingerprint density at radius 3 is 1.97 bits per heavy atom. The summed E-state index contributed by atoms with van der Waals surface area (Å²) in [5.74, 6) is 1.50. The summed E-state index contributed by atoms with van der Waals surface area (Å²) >= 11 is 0. The number of anilines is 4. The van der Waals surface area contributed by atoms with Gasteiger partial charge < -0.3 is 36.5 Å². The lowest BCUT2D eigenvalue weighted by molar-refractivity contribution is 0.0511. The van der Waals surface area contributed by atoms with Gasteiger partial charge in [0.25, 0.3) is 5.91 Å². The zero-order valence-electron chi connectivity index (χ0n) is 21.5. The molecule has 11 nitrogen and oxygen atoms in total. The molecule has 2 aromatic rings. The maximum atomic E-state index is 12.4. The maximum Gasteiger partial charge on any atom is 0.251 e. The molecule has 0 radical (unpaired) electrons. The van der Waals surface area contributed by atoms with Gasteiger partial charge >= 0.3 is 0 Å². The van der Waals surface area contributed by atoms with E-state index in [9.17, 15) is 4.79 Å². The molecule has 2 saturated carbocycles. The standard InChI is InChI=1S/C26H40N8O3/c27-13-15-36-17-18-37-16-14-28-23(35)19-9-11-22(12-10-19)31-26-33-24(29-20-5-2-1-3-6-20)32-25(34-26)30-21-7-4-8-21/h9-12,20-21H,1-8,13-18,27H2,(H,28,35)(H3,29,30,31,32,33,34). The van der Waals surface area contributed by atoms with Gasteiger partial charge in [0.05, 0.1) is 26.4 Å². The summed E-state index contributed by atoms with van der Waals surface area (Å²) in [6.45, 7) is 2.84. The Labute approximate surface area is 218 Å². The van der Waals surface area contributed by atoms with Gasteiger partial charge in [-0.15, -0.1) is 0 Å². The normalized spacial score (nSPS) is 16.1. The fourth-order valence-corrected chi connectivity index (χ4v) is 4.30. The Bertz CT molecular complexity index is 965. The van der Waals surface area contributed by atoms with E-state index in [0.717, 1.165) is 31.4 Å². The molecule has 0 spiro atoms. The third-order valence-electron chi connectivity index (χ3n) is 6.58. The van der Waals surface area contributed by atoms with Crippen LogP contribution in [0.25, 0.3) is 0 Å². The Morgan fingerprint density at radius 1 is 0.784 bits per heavy atom. The molecule has 0 bridgehead atoms. The van der Waals surface area contributed by atoms with Gasteiger partial charge in [-0.05, 0) is 56.4 Å². The highest BCUT2D eigenvalue weighted by atomic mass is 16.5. The summed E-state index contributed by atoms with van der Waals surface area (Å²) in [4.78, 5) is 26.3. The molecule has 0 aliphatic heterocycles. The van der Waals surface area contributed by atoms with Gasteiger partial charge in [0, 0.05) is 36.4 Å². The predicted octanol–water partition coefficient (Wildman–Crippen LogP) is 3.05. The third-order valence-corrected chi connectivity index (χ3v) is 6.58. The number of aromatic nitrogens is 3. The number of ether oxygens (including phenoxy) is 2. The van der Waals surface area contributed by atoms with Crippen molar-refractivity contribution >= 4 is 29.4 Å². The monoisotopic (exact) mass is 512 g/mol. The first-order valence-corrected chi connectivity index (χ1v) is 13.5. The number of carbonyl (C=O) groups excluding carboxylic acids is 1. The average Bonchev–Trinajstić information content (AvgIpc) is 2.89. The van der Waals surface area contributed by atoms with Crippen LogP contribution in [0.1, 0.15) is 61.7 Å². The molecular formula is C26H40N8O3. The SMILES string of the molecule is NCCOCCOCCNC(=O)c1ccc(Nc2nc(NC3CCCCC3)nc(NC3CCC3)n2)cc1. The van der Waals surface area contributed by atoms with Crippen molar-refractivity contribution in [1.29, 1.82) is 0 Å². The second-order valence-electron chi connectivity index (χ2n) is 9.53. The molecule has 11 heteroatoms. The van der Waals surface area contributed by atoms with Crippen molar-refractivity contribution in [2.75, 3.05) is 55.5 Å². The fourth-order valence-electron chi connectivity index (χ4n) is 4.30. The number of carbonyl (C=O) groups is 1. The van der Waals surface area contributed by atoms with Gasteiger partial charge in [-0.2, -0.15) is 15.0 Å². The molecule has 0 saturated heterocycles. The lowest BCUT2D eigenvalue weighted by Gasteiger charge is -2.27. The van der Waals surface area contributed by atoms with Crippen LogP contribution in [0.4, 0.5) is 23.5 Å². The zero-order chi connectivity index (χ0) is 25.7. The lowest BCUT2D eigenvalue weighted by Crippen LogP contribution is -2.29. The summed E-state index contributed by atoms with van der Waals surface area (Å²) < 4.78 is 10.7. The smallest absolute Gasteiger partial charge is 0.251 e. The molecule has 2 fully saturated rings. The average molecular weight is 513 g/mol. The van der Waals surface area contributed by atoms with Crippen molar-refractivity contribution in [1.82, 2.24) is 20.3 Å². The van der Waals surface area contributed by atoms with Crippen molar-refractivity contribution in [2.24, 2.45) is 5.73 Å². The molecule has 1 heterocycles. The minimum Gasteiger partial charge on any atom is -0.378 e. The Morgan fingerprint density at radius 2 is 1.38 bits per heavy atom. The largest absolute Gasteiger partial charge is 0.378 e. The molecule has 202 valence electrons. The first-order valence-electron chi connectivity index (χ1n) is 13.5. The van der Waals surface area contributed by atoms with E-state index in [1.165, 1.54) is 25.7 Å². The predicted molar refractivity (Wildman–Crippen MR) is 144 cm³/mol. The fraction of sp³-hybridized carbons (Fsp3) is 0.615. The van der Waals surface area contributed by atoms with Gasteiger partial charge in [-0.25, -0.2) is 0 Å².